The van der Waals surface area contributed by atoms with Gasteiger partial charge in [-0.25, -0.2) is 0 Å². The number of aryl methyl sites for hydroxylation is 1. The minimum atomic E-state index is 0.867. The van der Waals surface area contributed by atoms with E-state index >= 15 is 0 Å². The first-order valence-corrected chi connectivity index (χ1v) is 5.69. The fourth-order valence-corrected chi connectivity index (χ4v) is 1.94. The summed E-state index contributed by atoms with van der Waals surface area (Å²) < 4.78 is 4.96. The van der Waals surface area contributed by atoms with Crippen molar-refractivity contribution in [3.63, 3.8) is 0 Å². The zero-order valence-corrected chi connectivity index (χ0v) is 9.31. The number of aromatic nitrogens is 2. The monoisotopic (exact) mass is 214 g/mol. The van der Waals surface area contributed by atoms with E-state index < -0.39 is 0 Å². The Kier molecular flexibility index (Phi) is 2.24. The van der Waals surface area contributed by atoms with Gasteiger partial charge < -0.3 is 4.52 Å². The predicted octanol–water partition coefficient (Wildman–Crippen LogP) is 3.00. The van der Waals surface area contributed by atoms with Gasteiger partial charge in [-0.15, -0.1) is 0 Å². The molecule has 0 bridgehead atoms. The number of hydrogen-bond donors (Lipinski definition) is 0. The molecule has 0 aliphatic heterocycles. The van der Waals surface area contributed by atoms with Crippen molar-refractivity contribution in [2.45, 2.75) is 26.2 Å². The van der Waals surface area contributed by atoms with E-state index in [-0.39, 0.29) is 0 Å². The van der Waals surface area contributed by atoms with Crippen molar-refractivity contribution in [3.8, 4) is 11.1 Å². The van der Waals surface area contributed by atoms with Crippen LogP contribution in [0.2, 0.25) is 0 Å². The lowest BCUT2D eigenvalue weighted by atomic mass is 10.1. The fourth-order valence-electron chi connectivity index (χ4n) is 1.94. The Morgan fingerprint density at radius 2 is 2.31 bits per heavy atom. The molecule has 3 heteroatoms. The third-order valence-corrected chi connectivity index (χ3v) is 3.07. The normalized spacial score (nSPS) is 15.3. The molecular formula is C13H14N2O. The van der Waals surface area contributed by atoms with Crippen molar-refractivity contribution in [1.29, 1.82) is 0 Å². The van der Waals surface area contributed by atoms with Crippen molar-refractivity contribution in [2.75, 3.05) is 0 Å². The lowest BCUT2D eigenvalue weighted by Crippen LogP contribution is -1.92. The molecular weight excluding hydrogens is 200 g/mol. The van der Waals surface area contributed by atoms with Gasteiger partial charge in [-0.2, -0.15) is 0 Å². The van der Waals surface area contributed by atoms with Crippen LogP contribution < -0.4 is 0 Å². The first-order valence-electron chi connectivity index (χ1n) is 5.69. The molecule has 1 aliphatic carbocycles. The van der Waals surface area contributed by atoms with E-state index in [1.807, 2.05) is 19.2 Å². The van der Waals surface area contributed by atoms with Gasteiger partial charge in [0.1, 0.15) is 6.26 Å². The molecule has 0 amide bonds. The van der Waals surface area contributed by atoms with Gasteiger partial charge in [0, 0.05) is 17.5 Å². The SMILES string of the molecule is Cc1nocc1-c1ccnc(CC2CC2)c1. The molecule has 82 valence electrons. The Hall–Kier alpha value is -1.64. The summed E-state index contributed by atoms with van der Waals surface area (Å²) in [5.74, 6) is 0.867. The summed E-state index contributed by atoms with van der Waals surface area (Å²) in [5, 5.41) is 3.90. The molecule has 0 atom stereocenters. The van der Waals surface area contributed by atoms with E-state index in [1.165, 1.54) is 18.5 Å². The van der Waals surface area contributed by atoms with Gasteiger partial charge in [0.2, 0.25) is 0 Å². The Morgan fingerprint density at radius 3 is 3.00 bits per heavy atom. The summed E-state index contributed by atoms with van der Waals surface area (Å²) >= 11 is 0. The van der Waals surface area contributed by atoms with Crippen molar-refractivity contribution in [3.05, 3.63) is 36.0 Å². The third kappa shape index (κ3) is 1.85. The van der Waals surface area contributed by atoms with Gasteiger partial charge in [0.15, 0.2) is 0 Å². The third-order valence-electron chi connectivity index (χ3n) is 3.07. The van der Waals surface area contributed by atoms with Crippen LogP contribution in [-0.2, 0) is 6.42 Å². The van der Waals surface area contributed by atoms with Crippen molar-refractivity contribution in [1.82, 2.24) is 10.1 Å². The highest BCUT2D eigenvalue weighted by Gasteiger charge is 2.22. The molecule has 0 saturated heterocycles. The maximum Gasteiger partial charge on any atom is 0.131 e. The van der Waals surface area contributed by atoms with Crippen LogP contribution >= 0.6 is 0 Å². The van der Waals surface area contributed by atoms with E-state index in [9.17, 15) is 0 Å². The molecule has 0 aromatic carbocycles. The van der Waals surface area contributed by atoms with Crippen LogP contribution in [0.25, 0.3) is 11.1 Å². The second-order valence-electron chi connectivity index (χ2n) is 4.50. The fraction of sp³-hybridized carbons (Fsp3) is 0.385. The number of rotatable bonds is 3. The second kappa shape index (κ2) is 3.74. The molecule has 3 rings (SSSR count). The summed E-state index contributed by atoms with van der Waals surface area (Å²) in [4.78, 5) is 4.41. The maximum atomic E-state index is 4.96. The quantitative estimate of drug-likeness (QED) is 0.788. The Balaban J connectivity index is 1.92. The minimum Gasteiger partial charge on any atom is -0.364 e. The van der Waals surface area contributed by atoms with E-state index in [0.717, 1.165) is 29.2 Å². The summed E-state index contributed by atoms with van der Waals surface area (Å²) in [6.45, 7) is 1.96. The summed E-state index contributed by atoms with van der Waals surface area (Å²) in [7, 11) is 0. The molecule has 1 aliphatic rings. The van der Waals surface area contributed by atoms with Crippen LogP contribution in [-0.4, -0.2) is 10.1 Å². The van der Waals surface area contributed by atoms with E-state index in [1.54, 1.807) is 6.26 Å². The zero-order valence-electron chi connectivity index (χ0n) is 9.31. The number of hydrogen-bond acceptors (Lipinski definition) is 3. The lowest BCUT2D eigenvalue weighted by molar-refractivity contribution is 0.415. The van der Waals surface area contributed by atoms with Crippen LogP contribution in [0, 0.1) is 12.8 Å². The first-order chi connectivity index (χ1) is 7.83. The van der Waals surface area contributed by atoms with E-state index in [2.05, 4.69) is 16.2 Å². The first kappa shape index (κ1) is 9.58. The largest absolute Gasteiger partial charge is 0.364 e. The van der Waals surface area contributed by atoms with Crippen molar-refractivity contribution >= 4 is 0 Å². The summed E-state index contributed by atoms with van der Waals surface area (Å²) in [6, 6.07) is 4.16. The van der Waals surface area contributed by atoms with Gasteiger partial charge in [-0.1, -0.05) is 5.16 Å². The van der Waals surface area contributed by atoms with Crippen LogP contribution in [0.3, 0.4) is 0 Å². The smallest absolute Gasteiger partial charge is 0.131 e. The van der Waals surface area contributed by atoms with Crippen molar-refractivity contribution < 1.29 is 4.52 Å². The minimum absolute atomic E-state index is 0.867. The predicted molar refractivity (Wildman–Crippen MR) is 60.9 cm³/mol. The van der Waals surface area contributed by atoms with E-state index in [4.69, 9.17) is 4.52 Å². The Bertz CT molecular complexity index is 500. The summed E-state index contributed by atoms with van der Waals surface area (Å²) in [5.41, 5.74) is 4.34. The average Bonchev–Trinajstić information content (AvgIpc) is 2.99. The molecule has 0 radical (unpaired) electrons. The summed E-state index contributed by atoms with van der Waals surface area (Å²) in [6.07, 6.45) is 7.40. The lowest BCUT2D eigenvalue weighted by Gasteiger charge is -2.02. The van der Waals surface area contributed by atoms with Crippen LogP contribution in [0.5, 0.6) is 0 Å². The molecule has 2 heterocycles. The number of pyridine rings is 1. The van der Waals surface area contributed by atoms with Crippen LogP contribution in [0.1, 0.15) is 24.2 Å². The van der Waals surface area contributed by atoms with Crippen molar-refractivity contribution in [2.24, 2.45) is 5.92 Å². The molecule has 0 spiro atoms. The second-order valence-corrected chi connectivity index (χ2v) is 4.50. The molecule has 1 fully saturated rings. The Labute approximate surface area is 94.5 Å². The molecule has 2 aromatic heterocycles. The molecule has 0 unspecified atom stereocenters. The van der Waals surface area contributed by atoms with Gasteiger partial charge >= 0.3 is 0 Å². The van der Waals surface area contributed by atoms with Crippen LogP contribution in [0.15, 0.2) is 29.1 Å². The highest BCUT2D eigenvalue weighted by molar-refractivity contribution is 5.64. The highest BCUT2D eigenvalue weighted by Crippen LogP contribution is 2.33. The standard InChI is InChI=1S/C13H14N2O/c1-9-13(8-16-15-9)11-4-5-14-12(7-11)6-10-2-3-10/h4-5,7-8,10H,2-3,6H2,1H3. The maximum absolute atomic E-state index is 4.96. The van der Waals surface area contributed by atoms with Crippen LogP contribution in [0.4, 0.5) is 0 Å². The molecule has 2 aromatic rings. The average molecular weight is 214 g/mol. The topological polar surface area (TPSA) is 38.9 Å². The number of nitrogens with zero attached hydrogens (tertiary/aromatic N) is 2. The molecule has 3 nitrogen and oxygen atoms in total. The molecule has 16 heavy (non-hydrogen) atoms. The zero-order chi connectivity index (χ0) is 11.0. The highest BCUT2D eigenvalue weighted by atomic mass is 16.5. The van der Waals surface area contributed by atoms with Gasteiger partial charge in [-0.3, -0.25) is 4.98 Å². The molecule has 1 saturated carbocycles. The van der Waals surface area contributed by atoms with Gasteiger partial charge in [0.25, 0.3) is 0 Å². The molecule has 0 N–H and O–H groups in total. The Morgan fingerprint density at radius 1 is 1.44 bits per heavy atom. The van der Waals surface area contributed by atoms with Gasteiger partial charge in [-0.05, 0) is 49.8 Å². The van der Waals surface area contributed by atoms with Gasteiger partial charge in [0.05, 0.1) is 5.69 Å². The van der Waals surface area contributed by atoms with E-state index in [0.29, 0.717) is 0 Å².